The van der Waals surface area contributed by atoms with Crippen LogP contribution in [-0.2, 0) is 97.5 Å². The smallest absolute Gasteiger partial charge is 0.141 e. The van der Waals surface area contributed by atoms with E-state index in [2.05, 4.69) is 20.4 Å². The first-order chi connectivity index (χ1) is 57.6. The molecule has 0 spiro atoms. The Kier molecular flexibility index (Phi) is 49.1. The molecule has 0 aromatic heterocycles. The van der Waals surface area contributed by atoms with Crippen LogP contribution in [0.3, 0.4) is 0 Å². The largest absolute Gasteiger partial charge is 0.300 e. The number of benzene rings is 2. The van der Waals surface area contributed by atoms with E-state index in [-0.39, 0.29) is 185 Å². The maximum Gasteiger partial charge on any atom is 0.141 e. The molecule has 1 saturated carbocycles. The summed E-state index contributed by atoms with van der Waals surface area (Å²) in [6.07, 6.45) is 2.09. The van der Waals surface area contributed by atoms with E-state index >= 15 is 33.6 Å². The Morgan fingerprint density at radius 3 is 1.32 bits per heavy atom. The van der Waals surface area contributed by atoms with Crippen LogP contribution in [0.5, 0.6) is 0 Å². The normalized spacial score (nSPS) is 17.1. The first-order valence-electron chi connectivity index (χ1n) is 46.2. The highest BCUT2D eigenvalue weighted by atomic mass is 16.2. The number of allylic oxidation sites excluding steroid dienone is 1. The summed E-state index contributed by atoms with van der Waals surface area (Å²) >= 11 is 0. The molecule has 16 unspecified atom stereocenters. The maximum atomic E-state index is 15.3. The molecular formula is C104H152O19. The van der Waals surface area contributed by atoms with E-state index in [4.69, 9.17) is 0 Å². The number of carbonyl (C=O) groups is 19. The highest BCUT2D eigenvalue weighted by molar-refractivity contribution is 6.02. The van der Waals surface area contributed by atoms with Crippen LogP contribution in [-0.4, -0.2) is 110 Å². The van der Waals surface area contributed by atoms with Crippen molar-refractivity contribution in [2.45, 2.75) is 349 Å². The van der Waals surface area contributed by atoms with Gasteiger partial charge in [-0.15, -0.1) is 6.58 Å². The van der Waals surface area contributed by atoms with Crippen molar-refractivity contribution in [1.82, 2.24) is 0 Å². The highest BCUT2D eigenvalue weighted by Crippen LogP contribution is 2.41. The third-order valence-corrected chi connectivity index (χ3v) is 26.3. The van der Waals surface area contributed by atoms with Gasteiger partial charge >= 0.3 is 0 Å². The summed E-state index contributed by atoms with van der Waals surface area (Å²) in [5.41, 5.74) is 4.12. The van der Waals surface area contributed by atoms with Gasteiger partial charge in [0.15, 0.2) is 0 Å². The number of Topliss-reactive ketones (excluding diaryl/α,β-unsaturated/α-hetero) is 19. The molecule has 1 aliphatic carbocycles. The third-order valence-electron chi connectivity index (χ3n) is 26.3. The molecule has 123 heavy (non-hydrogen) atoms. The summed E-state index contributed by atoms with van der Waals surface area (Å²) in [5.74, 6) is -20.2. The fraction of sp³-hybridized carbons (Fsp3) is 0.683. The number of carbonyl (C=O) groups excluding carboxylic acids is 19. The predicted molar refractivity (Wildman–Crippen MR) is 480 cm³/mol. The van der Waals surface area contributed by atoms with Crippen molar-refractivity contribution in [1.29, 1.82) is 0 Å². The lowest BCUT2D eigenvalue weighted by Crippen LogP contribution is -2.36. The molecule has 0 aliphatic heterocycles. The molecule has 0 saturated heterocycles. The van der Waals surface area contributed by atoms with E-state index < -0.39 is 173 Å². The second-order valence-electron chi connectivity index (χ2n) is 38.6. The maximum absolute atomic E-state index is 15.3. The zero-order valence-corrected chi connectivity index (χ0v) is 78.4. The summed E-state index contributed by atoms with van der Waals surface area (Å²) < 4.78 is 0. The van der Waals surface area contributed by atoms with Crippen molar-refractivity contribution in [2.24, 2.45) is 107 Å². The number of hydrogen-bond acceptors (Lipinski definition) is 19. The summed E-state index contributed by atoms with van der Waals surface area (Å²) in [7, 11) is 0. The molecule has 2 aromatic carbocycles. The molecule has 0 amide bonds. The van der Waals surface area contributed by atoms with E-state index in [1.54, 1.807) is 20.8 Å². The monoisotopic (exact) mass is 1710 g/mol. The Labute approximate surface area is 735 Å². The van der Waals surface area contributed by atoms with Gasteiger partial charge in [-0.3, -0.25) is 62.3 Å². The van der Waals surface area contributed by atoms with E-state index in [0.717, 1.165) is 29.5 Å². The Morgan fingerprint density at radius 1 is 0.374 bits per heavy atom. The first kappa shape index (κ1) is 109. The number of ketones is 19. The van der Waals surface area contributed by atoms with E-state index in [9.17, 15) is 57.5 Å². The molecule has 0 bridgehead atoms. The van der Waals surface area contributed by atoms with Crippen molar-refractivity contribution in [3.05, 3.63) is 82.9 Å². The van der Waals surface area contributed by atoms with E-state index in [1.807, 2.05) is 97.0 Å². The molecule has 0 radical (unpaired) electrons. The van der Waals surface area contributed by atoms with Gasteiger partial charge in [0.25, 0.3) is 0 Å². The summed E-state index contributed by atoms with van der Waals surface area (Å²) in [6, 6.07) is 14.7. The zero-order chi connectivity index (χ0) is 92.8. The minimum absolute atomic E-state index is 0.000720. The molecule has 19 nitrogen and oxygen atoms in total. The topological polar surface area (TPSA) is 324 Å². The van der Waals surface area contributed by atoms with Crippen LogP contribution < -0.4 is 0 Å². The fourth-order valence-corrected chi connectivity index (χ4v) is 18.3. The highest BCUT2D eigenvalue weighted by Gasteiger charge is 2.45. The zero-order valence-electron chi connectivity index (χ0n) is 78.4. The molecule has 1 aliphatic rings. The SMILES string of the molecule is C=C(C)CCCCC(CC(=O)C1CCCC1C(=O)C(CC(C)=O)CC(=O)C(CC(=O)C(CC(=O)CC)c1ccc(C)cc1)C(C)CC)C(=O)CC(CC(C)=O)C(=O)CC(CC(C)=O)C(=O)CC(Cc1ccc(C)cc1)C(=O)C[C@H](C(=O)CC(CCC(C)=O)C(=O)CC(CC(C)CCC(C)C)C(=O)CC(CC(C)=O)C(C)CC(CCC(C)=O)C(C)=O)C(C)C. The van der Waals surface area contributed by atoms with Crippen LogP contribution in [0.1, 0.15) is 351 Å². The average molecular weight is 1710 g/mol. The van der Waals surface area contributed by atoms with Gasteiger partial charge < -0.3 is 28.8 Å². The molecule has 0 N–H and O–H groups in total. The van der Waals surface area contributed by atoms with Crippen LogP contribution in [0.4, 0.5) is 0 Å². The number of hydrogen-bond donors (Lipinski definition) is 0. The van der Waals surface area contributed by atoms with Gasteiger partial charge in [0.1, 0.15) is 110 Å². The second-order valence-corrected chi connectivity index (χ2v) is 38.6. The quantitative estimate of drug-likeness (QED) is 0.0438. The van der Waals surface area contributed by atoms with E-state index in [1.165, 1.54) is 48.5 Å². The molecule has 19 heteroatoms. The second kappa shape index (κ2) is 55.4. The van der Waals surface area contributed by atoms with Crippen LogP contribution in [0.15, 0.2) is 60.7 Å². The van der Waals surface area contributed by atoms with Crippen LogP contribution in [0.25, 0.3) is 0 Å². The molecule has 17 atom stereocenters. The average Bonchev–Trinajstić information content (AvgIpc) is 1.75. The molecule has 0 heterocycles. The van der Waals surface area contributed by atoms with Gasteiger partial charge in [-0.25, -0.2) is 0 Å². The minimum Gasteiger partial charge on any atom is -0.300 e. The first-order valence-corrected chi connectivity index (χ1v) is 46.2. The van der Waals surface area contributed by atoms with Gasteiger partial charge in [-0.2, -0.15) is 0 Å². The van der Waals surface area contributed by atoms with Gasteiger partial charge in [-0.1, -0.05) is 160 Å². The molecule has 1 fully saturated rings. The Balaban J connectivity index is 2.03. The lowest BCUT2D eigenvalue weighted by Gasteiger charge is -2.29. The summed E-state index contributed by atoms with van der Waals surface area (Å²) in [6.45, 7) is 36.5. The minimum atomic E-state index is -1.32. The van der Waals surface area contributed by atoms with Crippen molar-refractivity contribution in [2.75, 3.05) is 0 Å². The molecule has 2 aromatic rings. The molecular weight excluding hydrogens is 1550 g/mol. The van der Waals surface area contributed by atoms with Gasteiger partial charge in [0, 0.05) is 193 Å². The van der Waals surface area contributed by atoms with Crippen LogP contribution in [0, 0.1) is 120 Å². The predicted octanol–water partition coefficient (Wildman–Crippen LogP) is 19.9. The Bertz CT molecular complexity index is 3970. The van der Waals surface area contributed by atoms with Crippen molar-refractivity contribution in [3.63, 3.8) is 0 Å². The van der Waals surface area contributed by atoms with Gasteiger partial charge in [0.2, 0.25) is 0 Å². The standard InChI is InChI=1S/C104H152O19/c1-21-68(12)92(61-103(122)93(59-88(112)22-2)78-40-34-66(10)35-41-78)102(121)58-87(49-75(19)110)104(123)90-29-25-28-89(90)100(119)51-80(27-24-23-26-62(3)4)94(113)55-84(47-73(17)108)97(116)56-85(48-74(18)109)98(117)57-86(50-77-38-32-65(9)33-39-77)99(118)60-91(64(7)8)101(120)52-81(43-37-71(15)106)95(114)54-83(44-67(11)31-30-63(5)6)96(115)53-82(46-72(16)107)69(13)45-79(76(20)111)42-36-70(14)105/h32-35,38-41,63-64,67-69,79-87,89-93H,3,21-31,36-37,42-61H2,1-2,4-20H3/t67?,68?,69?,79?,80?,81?,82?,83?,84?,85?,86?,87?,89?,90?,91-,92?,93?/m0/s1. The lowest BCUT2D eigenvalue weighted by atomic mass is 9.74. The molecule has 3 rings (SSSR count). The number of rotatable bonds is 69. The van der Waals surface area contributed by atoms with Crippen molar-refractivity contribution >= 4 is 110 Å². The Morgan fingerprint density at radius 2 is 0.821 bits per heavy atom. The van der Waals surface area contributed by atoms with Crippen LogP contribution in [0.2, 0.25) is 0 Å². The Hall–Kier alpha value is -8.09. The fourth-order valence-electron chi connectivity index (χ4n) is 18.3. The van der Waals surface area contributed by atoms with Gasteiger partial charge in [-0.05, 0) is 180 Å². The number of unbranched alkanes of at least 4 members (excludes halogenated alkanes) is 1. The summed E-state index contributed by atoms with van der Waals surface area (Å²) in [5, 5.41) is 0. The number of aryl methyl sites for hydroxylation is 2. The van der Waals surface area contributed by atoms with Crippen molar-refractivity contribution < 1.29 is 91.1 Å². The summed E-state index contributed by atoms with van der Waals surface area (Å²) in [4.78, 5) is 268. The lowest BCUT2D eigenvalue weighted by molar-refractivity contribution is -0.139. The third kappa shape index (κ3) is 40.4. The van der Waals surface area contributed by atoms with Crippen molar-refractivity contribution in [3.8, 4) is 0 Å². The molecule has 682 valence electrons. The van der Waals surface area contributed by atoms with Gasteiger partial charge in [0.05, 0.1) is 0 Å². The van der Waals surface area contributed by atoms with Crippen LogP contribution >= 0.6 is 0 Å². The van der Waals surface area contributed by atoms with E-state index in [0.29, 0.717) is 74.8 Å².